The number of aliphatic hydroxyl groups is 2. The Morgan fingerprint density at radius 2 is 2.00 bits per heavy atom. The molecular weight excluding hydrogens is 312 g/mol. The van der Waals surface area contributed by atoms with Crippen molar-refractivity contribution < 1.29 is 14.9 Å². The van der Waals surface area contributed by atoms with Gasteiger partial charge >= 0.3 is 5.69 Å². The molecule has 24 heavy (non-hydrogen) atoms. The largest absolute Gasteiger partial charge is 0.394 e. The molecular formula is C17H16N2O5. The van der Waals surface area contributed by atoms with Crippen LogP contribution in [-0.2, 0) is 4.74 Å². The predicted molar refractivity (Wildman–Crippen MR) is 85.4 cm³/mol. The summed E-state index contributed by atoms with van der Waals surface area (Å²) in [5.74, 6) is 5.59. The first-order chi connectivity index (χ1) is 11.6. The molecule has 3 atom stereocenters. The molecule has 1 unspecified atom stereocenters. The van der Waals surface area contributed by atoms with Crippen molar-refractivity contribution in [3.63, 3.8) is 0 Å². The molecule has 3 rings (SSSR count). The van der Waals surface area contributed by atoms with E-state index in [9.17, 15) is 14.7 Å². The van der Waals surface area contributed by atoms with E-state index < -0.39 is 29.7 Å². The first-order valence-electron chi connectivity index (χ1n) is 7.45. The number of H-pyrrole nitrogens is 1. The van der Waals surface area contributed by atoms with Gasteiger partial charge < -0.3 is 14.9 Å². The number of nitrogens with zero attached hydrogens (tertiary/aromatic N) is 1. The van der Waals surface area contributed by atoms with Crippen LogP contribution in [-0.4, -0.2) is 38.6 Å². The Balaban J connectivity index is 1.94. The molecule has 3 N–H and O–H groups in total. The van der Waals surface area contributed by atoms with Gasteiger partial charge in [0, 0.05) is 18.2 Å². The van der Waals surface area contributed by atoms with Crippen molar-refractivity contribution in [3.05, 3.63) is 68.5 Å². The Kier molecular flexibility index (Phi) is 4.62. The highest BCUT2D eigenvalue weighted by Gasteiger charge is 2.35. The fourth-order valence-electron chi connectivity index (χ4n) is 2.50. The van der Waals surface area contributed by atoms with Crippen LogP contribution in [0.3, 0.4) is 0 Å². The third-order valence-corrected chi connectivity index (χ3v) is 3.78. The van der Waals surface area contributed by atoms with Crippen molar-refractivity contribution in [1.82, 2.24) is 9.55 Å². The third-order valence-electron chi connectivity index (χ3n) is 3.78. The van der Waals surface area contributed by atoms with Crippen molar-refractivity contribution in [1.29, 1.82) is 0 Å². The molecule has 1 aromatic heterocycles. The molecule has 124 valence electrons. The van der Waals surface area contributed by atoms with Crippen LogP contribution < -0.4 is 11.2 Å². The van der Waals surface area contributed by atoms with Crippen LogP contribution in [0.15, 0.2) is 46.1 Å². The highest BCUT2D eigenvalue weighted by molar-refractivity contribution is 5.40. The SMILES string of the molecule is O=c1[nH]c(=O)n([C@@H]2CC(O)[C@H](CO)O2)cc1C#Cc1ccccc1. The van der Waals surface area contributed by atoms with Crippen molar-refractivity contribution in [3.8, 4) is 11.8 Å². The minimum atomic E-state index is -0.877. The number of aliphatic hydroxyl groups excluding tert-OH is 2. The van der Waals surface area contributed by atoms with E-state index in [2.05, 4.69) is 16.8 Å². The maximum absolute atomic E-state index is 12.0. The van der Waals surface area contributed by atoms with Crippen LogP contribution in [0.25, 0.3) is 0 Å². The van der Waals surface area contributed by atoms with Crippen molar-refractivity contribution in [2.75, 3.05) is 6.61 Å². The summed E-state index contributed by atoms with van der Waals surface area (Å²) in [5.41, 5.74) is -0.385. The lowest BCUT2D eigenvalue weighted by molar-refractivity contribution is -0.0459. The van der Waals surface area contributed by atoms with Gasteiger partial charge in [-0.05, 0) is 12.1 Å². The van der Waals surface area contributed by atoms with E-state index in [1.807, 2.05) is 18.2 Å². The molecule has 7 heteroatoms. The summed E-state index contributed by atoms with van der Waals surface area (Å²) in [5, 5.41) is 18.9. The fraction of sp³-hybridized carbons (Fsp3) is 0.294. The highest BCUT2D eigenvalue weighted by Crippen LogP contribution is 2.27. The topological polar surface area (TPSA) is 105 Å². The van der Waals surface area contributed by atoms with E-state index in [0.29, 0.717) is 0 Å². The molecule has 0 radical (unpaired) electrons. The second-order valence-electron chi connectivity index (χ2n) is 5.44. The fourth-order valence-corrected chi connectivity index (χ4v) is 2.50. The number of aromatic nitrogens is 2. The summed E-state index contributed by atoms with van der Waals surface area (Å²) in [6.45, 7) is -0.351. The van der Waals surface area contributed by atoms with Gasteiger partial charge in [-0.2, -0.15) is 0 Å². The molecule has 0 aliphatic carbocycles. The normalized spacial score (nSPS) is 22.8. The van der Waals surface area contributed by atoms with Gasteiger partial charge in [0.25, 0.3) is 5.56 Å². The van der Waals surface area contributed by atoms with Gasteiger partial charge in [-0.3, -0.25) is 14.3 Å². The number of benzene rings is 1. The van der Waals surface area contributed by atoms with E-state index >= 15 is 0 Å². The van der Waals surface area contributed by atoms with E-state index in [1.165, 1.54) is 10.8 Å². The molecule has 2 aromatic rings. The minimum absolute atomic E-state index is 0.115. The lowest BCUT2D eigenvalue weighted by Crippen LogP contribution is -2.33. The molecule has 0 amide bonds. The molecule has 2 heterocycles. The van der Waals surface area contributed by atoms with Crippen LogP contribution in [0.1, 0.15) is 23.8 Å². The van der Waals surface area contributed by atoms with Crippen LogP contribution in [0, 0.1) is 11.8 Å². The number of ether oxygens (including phenoxy) is 1. The Bertz CT molecular complexity index is 891. The van der Waals surface area contributed by atoms with E-state index in [1.54, 1.807) is 12.1 Å². The summed E-state index contributed by atoms with van der Waals surface area (Å²) in [6, 6.07) is 9.13. The molecule has 1 saturated heterocycles. The third kappa shape index (κ3) is 3.31. The standard InChI is InChI=1S/C17H16N2O5/c20-10-14-13(21)8-15(24-14)19-9-12(16(22)18-17(19)23)7-6-11-4-2-1-3-5-11/h1-5,9,13-15,20-21H,8,10H2,(H,18,22,23)/t13?,14-,15-/m0/s1. The highest BCUT2D eigenvalue weighted by atomic mass is 16.5. The average Bonchev–Trinajstić information content (AvgIpc) is 2.95. The summed E-state index contributed by atoms with van der Waals surface area (Å²) >= 11 is 0. The Morgan fingerprint density at radius 1 is 1.25 bits per heavy atom. The Labute approximate surface area is 137 Å². The Morgan fingerprint density at radius 3 is 2.67 bits per heavy atom. The zero-order valence-electron chi connectivity index (χ0n) is 12.7. The number of aromatic amines is 1. The second-order valence-corrected chi connectivity index (χ2v) is 5.44. The molecule has 0 spiro atoms. The van der Waals surface area contributed by atoms with Gasteiger partial charge in [0.2, 0.25) is 0 Å². The van der Waals surface area contributed by atoms with Gasteiger partial charge in [-0.1, -0.05) is 30.0 Å². The summed E-state index contributed by atoms with van der Waals surface area (Å²) in [7, 11) is 0. The minimum Gasteiger partial charge on any atom is -0.394 e. The maximum Gasteiger partial charge on any atom is 0.330 e. The molecule has 1 fully saturated rings. The zero-order chi connectivity index (χ0) is 17.1. The van der Waals surface area contributed by atoms with E-state index in [-0.39, 0.29) is 18.6 Å². The molecule has 0 saturated carbocycles. The number of nitrogens with one attached hydrogen (secondary N) is 1. The molecule has 7 nitrogen and oxygen atoms in total. The quantitative estimate of drug-likeness (QED) is 0.649. The van der Waals surface area contributed by atoms with Crippen molar-refractivity contribution >= 4 is 0 Å². The van der Waals surface area contributed by atoms with Gasteiger partial charge in [0.05, 0.1) is 12.7 Å². The van der Waals surface area contributed by atoms with Gasteiger partial charge in [0.1, 0.15) is 17.9 Å². The van der Waals surface area contributed by atoms with Crippen LogP contribution >= 0.6 is 0 Å². The van der Waals surface area contributed by atoms with Gasteiger partial charge in [-0.15, -0.1) is 0 Å². The van der Waals surface area contributed by atoms with Crippen molar-refractivity contribution in [2.45, 2.75) is 24.9 Å². The number of hydrogen-bond donors (Lipinski definition) is 3. The summed E-state index contributed by atoms with van der Waals surface area (Å²) in [6.07, 6.45) is -0.944. The summed E-state index contributed by atoms with van der Waals surface area (Å²) in [4.78, 5) is 26.1. The second kappa shape index (κ2) is 6.84. The number of hydrogen-bond acceptors (Lipinski definition) is 5. The molecule has 0 bridgehead atoms. The average molecular weight is 328 g/mol. The van der Waals surface area contributed by atoms with Crippen LogP contribution in [0.2, 0.25) is 0 Å². The van der Waals surface area contributed by atoms with E-state index in [4.69, 9.17) is 9.84 Å². The first-order valence-corrected chi connectivity index (χ1v) is 7.45. The summed E-state index contributed by atoms with van der Waals surface area (Å²) < 4.78 is 6.62. The van der Waals surface area contributed by atoms with Crippen molar-refractivity contribution in [2.24, 2.45) is 0 Å². The first kappa shape index (κ1) is 16.2. The molecule has 1 aliphatic rings. The lowest BCUT2D eigenvalue weighted by Gasteiger charge is -2.14. The van der Waals surface area contributed by atoms with E-state index in [0.717, 1.165) is 5.56 Å². The number of rotatable bonds is 2. The lowest BCUT2D eigenvalue weighted by atomic mass is 10.2. The maximum atomic E-state index is 12.0. The Hall–Kier alpha value is -2.66. The van der Waals surface area contributed by atoms with Gasteiger partial charge in [-0.25, -0.2) is 4.79 Å². The van der Waals surface area contributed by atoms with Crippen LogP contribution in [0.5, 0.6) is 0 Å². The predicted octanol–water partition coefficient (Wildman–Crippen LogP) is -0.423. The zero-order valence-corrected chi connectivity index (χ0v) is 12.7. The van der Waals surface area contributed by atoms with Crippen LogP contribution in [0.4, 0.5) is 0 Å². The smallest absolute Gasteiger partial charge is 0.330 e. The van der Waals surface area contributed by atoms with Gasteiger partial charge in [0.15, 0.2) is 0 Å². The molecule has 1 aliphatic heterocycles. The molecule has 1 aromatic carbocycles. The monoisotopic (exact) mass is 328 g/mol.